The molecule has 1 aromatic rings. The lowest BCUT2D eigenvalue weighted by atomic mass is 9.73. The van der Waals surface area contributed by atoms with Crippen molar-refractivity contribution in [3.63, 3.8) is 0 Å². The first-order chi connectivity index (χ1) is 15.9. The Kier molecular flexibility index (Phi) is 8.38. The predicted molar refractivity (Wildman–Crippen MR) is 130 cm³/mol. The highest BCUT2D eigenvalue weighted by Gasteiger charge is 2.61. The summed E-state index contributed by atoms with van der Waals surface area (Å²) in [5, 5.41) is 24.5. The number of hydrogen-bond acceptors (Lipinski definition) is 8. The summed E-state index contributed by atoms with van der Waals surface area (Å²) in [5.74, 6) is -1.53. The van der Waals surface area contributed by atoms with E-state index in [2.05, 4.69) is 11.1 Å². The number of Topliss-reactive ketones (excluding diaryl/α,β-unsaturated/α-hetero) is 1. The molecule has 0 amide bonds. The van der Waals surface area contributed by atoms with Crippen molar-refractivity contribution >= 4 is 23.1 Å². The van der Waals surface area contributed by atoms with Crippen molar-refractivity contribution in [3.05, 3.63) is 28.2 Å². The Morgan fingerprint density at radius 2 is 1.85 bits per heavy atom. The third-order valence-corrected chi connectivity index (χ3v) is 8.33. The normalized spacial score (nSPS) is 38.8. The van der Waals surface area contributed by atoms with E-state index in [9.17, 15) is 19.8 Å². The van der Waals surface area contributed by atoms with Gasteiger partial charge in [0.2, 0.25) is 0 Å². The number of cyclic esters (lactones) is 1. The lowest BCUT2D eigenvalue weighted by Gasteiger charge is -2.34. The Morgan fingerprint density at radius 3 is 2.50 bits per heavy atom. The van der Waals surface area contributed by atoms with Crippen LogP contribution >= 0.6 is 11.3 Å². The van der Waals surface area contributed by atoms with E-state index < -0.39 is 41.2 Å². The van der Waals surface area contributed by atoms with E-state index in [4.69, 9.17) is 9.47 Å². The number of ketones is 1. The van der Waals surface area contributed by atoms with Gasteiger partial charge in [-0.05, 0) is 39.0 Å². The Hall–Kier alpha value is -1.61. The second kappa shape index (κ2) is 10.6. The number of thiazole rings is 1. The highest BCUT2D eigenvalue weighted by atomic mass is 32.1. The molecule has 2 unspecified atom stereocenters. The van der Waals surface area contributed by atoms with Gasteiger partial charge in [0, 0.05) is 17.7 Å². The van der Waals surface area contributed by atoms with Crippen LogP contribution in [0.5, 0.6) is 0 Å². The zero-order chi connectivity index (χ0) is 25.3. The number of esters is 1. The van der Waals surface area contributed by atoms with Crippen molar-refractivity contribution in [3.8, 4) is 0 Å². The van der Waals surface area contributed by atoms with E-state index in [1.165, 1.54) is 0 Å². The molecule has 7 atom stereocenters. The molecule has 1 fully saturated rings. The Balaban J connectivity index is 1.81. The third kappa shape index (κ3) is 5.78. The molecule has 190 valence electrons. The Labute approximate surface area is 206 Å². The van der Waals surface area contributed by atoms with Crippen LogP contribution in [0.15, 0.2) is 17.5 Å². The van der Waals surface area contributed by atoms with Gasteiger partial charge >= 0.3 is 5.97 Å². The summed E-state index contributed by atoms with van der Waals surface area (Å²) >= 11 is 1.55. The van der Waals surface area contributed by atoms with Crippen molar-refractivity contribution in [2.24, 2.45) is 17.3 Å². The van der Waals surface area contributed by atoms with Gasteiger partial charge in [0.25, 0.3) is 0 Å². The fourth-order valence-electron chi connectivity index (χ4n) is 4.80. The number of carbonyl (C=O) groups is 2. The lowest BCUT2D eigenvalue weighted by Crippen LogP contribution is -2.46. The second-order valence-corrected chi connectivity index (χ2v) is 11.7. The van der Waals surface area contributed by atoms with Crippen molar-refractivity contribution < 1.29 is 29.3 Å². The molecule has 7 nitrogen and oxygen atoms in total. The molecule has 2 aliphatic rings. The van der Waals surface area contributed by atoms with Gasteiger partial charge in [-0.15, -0.1) is 11.3 Å². The Bertz CT molecular complexity index is 911. The molecule has 34 heavy (non-hydrogen) atoms. The third-order valence-electron chi connectivity index (χ3n) is 7.54. The van der Waals surface area contributed by atoms with Crippen LogP contribution in [-0.4, -0.2) is 50.9 Å². The number of aliphatic hydroxyl groups excluding tert-OH is 2. The maximum atomic E-state index is 13.2. The number of carbonyl (C=O) groups excluding carboxylic acids is 2. The van der Waals surface area contributed by atoms with Crippen LogP contribution in [0.2, 0.25) is 0 Å². The fraction of sp³-hybridized carbons (Fsp3) is 0.731. The molecule has 2 N–H and O–H groups in total. The van der Waals surface area contributed by atoms with Gasteiger partial charge in [0.05, 0.1) is 34.7 Å². The van der Waals surface area contributed by atoms with Crippen molar-refractivity contribution in [2.45, 2.75) is 104 Å². The smallest absolute Gasteiger partial charge is 0.308 e. The summed E-state index contributed by atoms with van der Waals surface area (Å²) in [7, 11) is 0. The number of nitrogens with zero attached hydrogens (tertiary/aromatic N) is 1. The molecule has 1 aromatic heterocycles. The van der Waals surface area contributed by atoms with Crippen LogP contribution in [0, 0.1) is 24.2 Å². The molecule has 1 saturated heterocycles. The molecule has 0 radical (unpaired) electrons. The van der Waals surface area contributed by atoms with E-state index in [-0.39, 0.29) is 24.2 Å². The molecule has 0 saturated carbocycles. The van der Waals surface area contributed by atoms with Crippen LogP contribution in [0.1, 0.15) is 83.5 Å². The molecule has 3 rings (SSSR count). The molecule has 0 bridgehead atoms. The average molecular weight is 494 g/mol. The summed E-state index contributed by atoms with van der Waals surface area (Å²) in [6, 6.07) is 0. The number of allylic oxidation sites excluding steroid dienone is 1. The van der Waals surface area contributed by atoms with Gasteiger partial charge in [-0.2, -0.15) is 0 Å². The minimum absolute atomic E-state index is 0.0491. The quantitative estimate of drug-likeness (QED) is 0.359. The van der Waals surface area contributed by atoms with E-state index in [0.29, 0.717) is 6.42 Å². The predicted octanol–water partition coefficient (Wildman–Crippen LogP) is 4.30. The first kappa shape index (κ1) is 27.0. The summed E-state index contributed by atoms with van der Waals surface area (Å²) in [5.41, 5.74) is -1.06. The topological polar surface area (TPSA) is 109 Å². The number of aryl methyl sites for hydroxylation is 1. The van der Waals surface area contributed by atoms with E-state index in [1.54, 1.807) is 32.1 Å². The molecule has 8 heteroatoms. The van der Waals surface area contributed by atoms with Crippen molar-refractivity contribution in [1.29, 1.82) is 0 Å². The van der Waals surface area contributed by atoms with Gasteiger partial charge in [-0.3, -0.25) is 9.59 Å². The summed E-state index contributed by atoms with van der Waals surface area (Å²) in [6.07, 6.45) is 3.91. The highest BCUT2D eigenvalue weighted by molar-refractivity contribution is 7.09. The number of aromatic nitrogens is 1. The van der Waals surface area contributed by atoms with Crippen LogP contribution in [0.25, 0.3) is 0 Å². The van der Waals surface area contributed by atoms with Crippen LogP contribution in [-0.2, 0) is 19.1 Å². The van der Waals surface area contributed by atoms with Crippen LogP contribution < -0.4 is 0 Å². The summed E-state index contributed by atoms with van der Waals surface area (Å²) in [6.45, 7) is 10.7. The maximum Gasteiger partial charge on any atom is 0.308 e. The second-order valence-electron chi connectivity index (χ2n) is 10.7. The monoisotopic (exact) mass is 493 g/mol. The van der Waals surface area contributed by atoms with E-state index in [1.807, 2.05) is 32.2 Å². The first-order valence-electron chi connectivity index (χ1n) is 12.2. The average Bonchev–Trinajstić information content (AvgIpc) is 3.29. The SMILES string of the molecule is Cc1nc(C2OC2(C)[C@@H]2C/C=C/CCC[C@H](C)[C@@H](O)[C@H](C)C(=O)C(C)(C)[C@@H](O)CC(=O)O2)cs1. The highest BCUT2D eigenvalue weighted by Crippen LogP contribution is 2.53. The molecular weight excluding hydrogens is 454 g/mol. The van der Waals surface area contributed by atoms with Gasteiger partial charge in [0.1, 0.15) is 23.6 Å². The van der Waals surface area contributed by atoms with Crippen LogP contribution in [0.3, 0.4) is 0 Å². The van der Waals surface area contributed by atoms with Gasteiger partial charge in [-0.25, -0.2) is 4.98 Å². The molecule has 2 aliphatic heterocycles. The molecule has 3 heterocycles. The lowest BCUT2D eigenvalue weighted by molar-refractivity contribution is -0.158. The standard InChI is InChI=1S/C26H39NO6S/c1-15-11-9-7-8-10-12-20(26(6)24(33-26)18-14-34-17(3)27-18)32-21(29)13-19(28)25(4,5)23(31)16(2)22(15)30/h8,10,14-16,19-20,22,24,28,30H,7,9,11-13H2,1-6H3/b10-8+/t15-,16-,19-,20-,22+,24?,26?/m0/s1. The summed E-state index contributed by atoms with van der Waals surface area (Å²) < 4.78 is 11.9. The largest absolute Gasteiger partial charge is 0.459 e. The Morgan fingerprint density at radius 1 is 1.15 bits per heavy atom. The van der Waals surface area contributed by atoms with Gasteiger partial charge in [0.15, 0.2) is 0 Å². The summed E-state index contributed by atoms with van der Waals surface area (Å²) in [4.78, 5) is 30.6. The number of epoxide rings is 1. The zero-order valence-electron chi connectivity index (χ0n) is 21.1. The number of ether oxygens (including phenoxy) is 2. The van der Waals surface area contributed by atoms with Gasteiger partial charge in [-0.1, -0.05) is 39.8 Å². The molecule has 0 aliphatic carbocycles. The number of rotatable bonds is 2. The van der Waals surface area contributed by atoms with Crippen LogP contribution in [0.4, 0.5) is 0 Å². The van der Waals surface area contributed by atoms with Crippen molar-refractivity contribution in [2.75, 3.05) is 0 Å². The first-order valence-corrected chi connectivity index (χ1v) is 13.1. The number of hydrogen-bond donors (Lipinski definition) is 2. The number of aliphatic hydroxyl groups is 2. The fourth-order valence-corrected chi connectivity index (χ4v) is 5.43. The van der Waals surface area contributed by atoms with E-state index >= 15 is 0 Å². The molecule has 0 spiro atoms. The molecule has 0 aromatic carbocycles. The maximum absolute atomic E-state index is 13.2. The van der Waals surface area contributed by atoms with Gasteiger partial charge < -0.3 is 19.7 Å². The minimum Gasteiger partial charge on any atom is -0.459 e. The molecular formula is C26H39NO6S. The zero-order valence-corrected chi connectivity index (χ0v) is 21.9. The van der Waals surface area contributed by atoms with E-state index in [0.717, 1.165) is 30.0 Å². The van der Waals surface area contributed by atoms with Crippen molar-refractivity contribution in [1.82, 2.24) is 4.98 Å². The minimum atomic E-state index is -1.23.